The lowest BCUT2D eigenvalue weighted by Gasteiger charge is -2.33. The normalized spacial score (nSPS) is 24.2. The van der Waals surface area contributed by atoms with E-state index in [2.05, 4.69) is 38.1 Å². The molecule has 0 aliphatic heterocycles. The van der Waals surface area contributed by atoms with Gasteiger partial charge in [-0.2, -0.15) is 0 Å². The molecular weight excluding hydrogens is 200 g/mol. The number of carboxylic acid groups (broad SMARTS) is 1. The highest BCUT2D eigenvalue weighted by molar-refractivity contribution is 5.71. The Bertz CT molecular complexity index is 389. The fourth-order valence-corrected chi connectivity index (χ4v) is 2.26. The predicted molar refractivity (Wildman–Crippen MR) is 63.6 cm³/mol. The van der Waals surface area contributed by atoms with Crippen molar-refractivity contribution in [3.05, 3.63) is 35.4 Å². The Kier molecular flexibility index (Phi) is 2.99. The quantitative estimate of drug-likeness (QED) is 0.844. The molecule has 1 N–H and O–H groups in total. The largest absolute Gasteiger partial charge is 0.481 e. The number of carboxylic acids is 1. The molecule has 2 heteroatoms. The molecule has 0 spiro atoms. The summed E-state index contributed by atoms with van der Waals surface area (Å²) < 4.78 is 0. The minimum Gasteiger partial charge on any atom is -0.481 e. The van der Waals surface area contributed by atoms with Crippen molar-refractivity contribution < 1.29 is 9.90 Å². The molecule has 1 aliphatic rings. The molecule has 0 bridgehead atoms. The molecule has 86 valence electrons. The fraction of sp³-hybridized carbons (Fsp3) is 0.500. The van der Waals surface area contributed by atoms with Crippen LogP contribution in [-0.4, -0.2) is 11.1 Å². The van der Waals surface area contributed by atoms with Crippen LogP contribution < -0.4 is 0 Å². The predicted octanol–water partition coefficient (Wildman–Crippen LogP) is 3.39. The van der Waals surface area contributed by atoms with Gasteiger partial charge in [0.1, 0.15) is 0 Å². The van der Waals surface area contributed by atoms with E-state index < -0.39 is 5.97 Å². The lowest BCUT2D eigenvalue weighted by atomic mass is 9.71. The summed E-state index contributed by atoms with van der Waals surface area (Å²) >= 11 is 0. The monoisotopic (exact) mass is 218 g/mol. The van der Waals surface area contributed by atoms with E-state index in [1.165, 1.54) is 11.1 Å². The van der Waals surface area contributed by atoms with Crippen LogP contribution >= 0.6 is 0 Å². The fourth-order valence-electron chi connectivity index (χ4n) is 2.26. The van der Waals surface area contributed by atoms with Crippen LogP contribution in [0.3, 0.4) is 0 Å². The van der Waals surface area contributed by atoms with Gasteiger partial charge < -0.3 is 5.11 Å². The molecule has 0 saturated heterocycles. The smallest absolute Gasteiger partial charge is 0.306 e. The van der Waals surface area contributed by atoms with E-state index in [-0.39, 0.29) is 5.92 Å². The highest BCUT2D eigenvalue weighted by Gasteiger charge is 2.35. The minimum atomic E-state index is -0.642. The number of rotatable bonds is 3. The first-order chi connectivity index (χ1) is 7.58. The van der Waals surface area contributed by atoms with Crippen LogP contribution in [0, 0.1) is 5.92 Å². The zero-order valence-electron chi connectivity index (χ0n) is 9.81. The topological polar surface area (TPSA) is 37.3 Å². The highest BCUT2D eigenvalue weighted by atomic mass is 16.4. The molecule has 0 radical (unpaired) electrons. The summed E-state index contributed by atoms with van der Waals surface area (Å²) in [5.74, 6) is 0.235. The van der Waals surface area contributed by atoms with Gasteiger partial charge in [0.2, 0.25) is 0 Å². The molecule has 0 amide bonds. The molecular formula is C14H18O2. The minimum absolute atomic E-state index is 0.118. The molecule has 0 aromatic heterocycles. The maximum absolute atomic E-state index is 10.7. The van der Waals surface area contributed by atoms with Crippen molar-refractivity contribution in [1.82, 2.24) is 0 Å². The molecule has 0 unspecified atom stereocenters. The van der Waals surface area contributed by atoms with Gasteiger partial charge >= 0.3 is 5.97 Å². The van der Waals surface area contributed by atoms with E-state index in [1.54, 1.807) is 0 Å². The summed E-state index contributed by atoms with van der Waals surface area (Å²) in [5, 5.41) is 8.84. The Morgan fingerprint density at radius 1 is 1.38 bits per heavy atom. The van der Waals surface area contributed by atoms with Gasteiger partial charge in [-0.15, -0.1) is 0 Å². The molecule has 16 heavy (non-hydrogen) atoms. The Labute approximate surface area is 96.3 Å². The second-order valence-corrected chi connectivity index (χ2v) is 5.03. The van der Waals surface area contributed by atoms with Crippen molar-refractivity contribution in [1.29, 1.82) is 0 Å². The standard InChI is InChI=1S/C14H18O2/c1-9(2)10-4-3-5-11(6-10)12-7-13(8-12)14(15)16/h3-6,9,12-13H,7-8H2,1-2H3,(H,15,16). The first-order valence-electron chi connectivity index (χ1n) is 5.90. The molecule has 0 atom stereocenters. The summed E-state index contributed by atoms with van der Waals surface area (Å²) in [6, 6.07) is 8.57. The maximum atomic E-state index is 10.7. The molecule has 1 saturated carbocycles. The first-order valence-corrected chi connectivity index (χ1v) is 5.90. The van der Waals surface area contributed by atoms with Gasteiger partial charge in [0.25, 0.3) is 0 Å². The van der Waals surface area contributed by atoms with Crippen LogP contribution in [0.2, 0.25) is 0 Å². The third kappa shape index (κ3) is 2.11. The third-order valence-corrected chi connectivity index (χ3v) is 3.54. The van der Waals surface area contributed by atoms with Crippen LogP contribution in [0.25, 0.3) is 0 Å². The van der Waals surface area contributed by atoms with Crippen LogP contribution in [0.5, 0.6) is 0 Å². The second kappa shape index (κ2) is 4.28. The maximum Gasteiger partial charge on any atom is 0.306 e. The van der Waals surface area contributed by atoms with E-state index in [0.717, 1.165) is 12.8 Å². The van der Waals surface area contributed by atoms with Crippen LogP contribution in [0.15, 0.2) is 24.3 Å². The van der Waals surface area contributed by atoms with Gasteiger partial charge in [-0.3, -0.25) is 4.79 Å². The van der Waals surface area contributed by atoms with Gasteiger partial charge in [-0.1, -0.05) is 38.1 Å². The summed E-state index contributed by atoms with van der Waals surface area (Å²) in [6.45, 7) is 4.36. The van der Waals surface area contributed by atoms with Gasteiger partial charge in [0, 0.05) is 0 Å². The first kappa shape index (κ1) is 11.2. The van der Waals surface area contributed by atoms with Gasteiger partial charge in [0.15, 0.2) is 0 Å². The van der Waals surface area contributed by atoms with Gasteiger partial charge in [-0.05, 0) is 35.8 Å². The third-order valence-electron chi connectivity index (χ3n) is 3.54. The van der Waals surface area contributed by atoms with Crippen molar-refractivity contribution in [2.24, 2.45) is 5.92 Å². The van der Waals surface area contributed by atoms with E-state index in [1.807, 2.05) is 0 Å². The molecule has 1 aromatic carbocycles. The van der Waals surface area contributed by atoms with E-state index in [0.29, 0.717) is 11.8 Å². The summed E-state index contributed by atoms with van der Waals surface area (Å²) in [4.78, 5) is 10.7. The molecule has 0 heterocycles. The van der Waals surface area contributed by atoms with Crippen molar-refractivity contribution >= 4 is 5.97 Å². The van der Waals surface area contributed by atoms with Crippen LogP contribution in [0.4, 0.5) is 0 Å². The summed E-state index contributed by atoms with van der Waals surface area (Å²) in [6.07, 6.45) is 1.60. The molecule has 1 aromatic rings. The Balaban J connectivity index is 2.06. The Hall–Kier alpha value is -1.31. The lowest BCUT2D eigenvalue weighted by Crippen LogP contribution is -2.28. The second-order valence-electron chi connectivity index (χ2n) is 5.03. The average Bonchev–Trinajstić information content (AvgIpc) is 2.15. The summed E-state index contributed by atoms with van der Waals surface area (Å²) in [7, 11) is 0. The number of carbonyl (C=O) groups is 1. The molecule has 2 rings (SSSR count). The number of hydrogen-bond donors (Lipinski definition) is 1. The Morgan fingerprint density at radius 2 is 2.06 bits per heavy atom. The SMILES string of the molecule is CC(C)c1cccc(C2CC(C(=O)O)C2)c1. The molecule has 1 fully saturated rings. The van der Waals surface area contributed by atoms with E-state index in [9.17, 15) is 4.79 Å². The summed E-state index contributed by atoms with van der Waals surface area (Å²) in [5.41, 5.74) is 2.65. The van der Waals surface area contributed by atoms with Crippen molar-refractivity contribution in [2.75, 3.05) is 0 Å². The highest BCUT2D eigenvalue weighted by Crippen LogP contribution is 2.42. The average molecular weight is 218 g/mol. The van der Waals surface area contributed by atoms with E-state index in [4.69, 9.17) is 5.11 Å². The van der Waals surface area contributed by atoms with Crippen molar-refractivity contribution in [3.63, 3.8) is 0 Å². The van der Waals surface area contributed by atoms with Crippen molar-refractivity contribution in [3.8, 4) is 0 Å². The molecule has 2 nitrogen and oxygen atoms in total. The number of aliphatic carboxylic acids is 1. The lowest BCUT2D eigenvalue weighted by molar-refractivity contribution is -0.145. The number of benzene rings is 1. The van der Waals surface area contributed by atoms with Gasteiger partial charge in [0.05, 0.1) is 5.92 Å². The van der Waals surface area contributed by atoms with Crippen LogP contribution in [-0.2, 0) is 4.79 Å². The molecule has 1 aliphatic carbocycles. The van der Waals surface area contributed by atoms with E-state index >= 15 is 0 Å². The Morgan fingerprint density at radius 3 is 2.62 bits per heavy atom. The zero-order valence-corrected chi connectivity index (χ0v) is 9.81. The number of hydrogen-bond acceptors (Lipinski definition) is 1. The zero-order chi connectivity index (χ0) is 11.7. The van der Waals surface area contributed by atoms with Crippen LogP contribution in [0.1, 0.15) is 49.7 Å². The van der Waals surface area contributed by atoms with Gasteiger partial charge in [-0.25, -0.2) is 0 Å². The van der Waals surface area contributed by atoms with Crippen molar-refractivity contribution in [2.45, 2.75) is 38.5 Å².